The molecule has 0 bridgehead atoms. The van der Waals surface area contributed by atoms with Crippen LogP contribution in [0.1, 0.15) is 50.4 Å². The predicted octanol–water partition coefficient (Wildman–Crippen LogP) is 1.85. The molecule has 1 fully saturated rings. The molecule has 0 aromatic carbocycles. The fourth-order valence-electron chi connectivity index (χ4n) is 2.17. The molecule has 17 heavy (non-hydrogen) atoms. The molecule has 1 aromatic heterocycles. The number of ether oxygens (including phenoxy) is 1. The lowest BCUT2D eigenvalue weighted by atomic mass is 10.1. The fraction of sp³-hybridized carbons (Fsp3) is 0.833. The van der Waals surface area contributed by atoms with Crippen LogP contribution >= 0.6 is 0 Å². The second-order valence-corrected chi connectivity index (χ2v) is 4.49. The average molecular weight is 239 g/mol. The largest absolute Gasteiger partial charge is 0.378 e. The van der Waals surface area contributed by atoms with Crippen LogP contribution in [0.2, 0.25) is 0 Å². The minimum atomic E-state index is 0.156. The highest BCUT2D eigenvalue weighted by Gasteiger charge is 2.20. The Balaban J connectivity index is 1.93. The summed E-state index contributed by atoms with van der Waals surface area (Å²) in [4.78, 5) is 4.43. The first-order valence-electron chi connectivity index (χ1n) is 6.44. The molecule has 1 aliphatic heterocycles. The lowest BCUT2D eigenvalue weighted by molar-refractivity contribution is 0.0153. The van der Waals surface area contributed by atoms with Crippen LogP contribution in [-0.2, 0) is 11.2 Å². The average Bonchev–Trinajstić information content (AvgIpc) is 2.81. The first-order chi connectivity index (χ1) is 8.33. The van der Waals surface area contributed by atoms with Gasteiger partial charge in [0.15, 0.2) is 5.82 Å². The number of nitrogens with one attached hydrogen (secondary N) is 1. The molecule has 1 N–H and O–H groups in total. The Morgan fingerprint density at radius 1 is 1.47 bits per heavy atom. The summed E-state index contributed by atoms with van der Waals surface area (Å²) in [5.74, 6) is 1.45. The summed E-state index contributed by atoms with van der Waals surface area (Å²) in [7, 11) is 1.91. The van der Waals surface area contributed by atoms with E-state index in [-0.39, 0.29) is 12.1 Å². The third-order valence-corrected chi connectivity index (χ3v) is 3.22. The highest BCUT2D eigenvalue weighted by molar-refractivity contribution is 4.94. The van der Waals surface area contributed by atoms with Crippen LogP contribution < -0.4 is 5.32 Å². The van der Waals surface area contributed by atoms with Crippen molar-refractivity contribution in [2.75, 3.05) is 13.7 Å². The van der Waals surface area contributed by atoms with E-state index in [1.54, 1.807) is 0 Å². The summed E-state index contributed by atoms with van der Waals surface area (Å²) in [5, 5.41) is 7.18. The van der Waals surface area contributed by atoms with Crippen LogP contribution in [0.5, 0.6) is 0 Å². The zero-order valence-electron chi connectivity index (χ0n) is 10.6. The predicted molar refractivity (Wildman–Crippen MR) is 63.7 cm³/mol. The fourth-order valence-corrected chi connectivity index (χ4v) is 2.17. The second-order valence-electron chi connectivity index (χ2n) is 4.49. The monoisotopic (exact) mass is 239 g/mol. The van der Waals surface area contributed by atoms with E-state index in [0.29, 0.717) is 5.89 Å². The van der Waals surface area contributed by atoms with Gasteiger partial charge in [0.05, 0.1) is 12.1 Å². The van der Waals surface area contributed by atoms with Gasteiger partial charge in [-0.3, -0.25) is 0 Å². The molecule has 2 rings (SSSR count). The maximum absolute atomic E-state index is 5.67. The number of hydrogen-bond acceptors (Lipinski definition) is 5. The summed E-state index contributed by atoms with van der Waals surface area (Å²) >= 11 is 0. The Bertz CT molecular complexity index is 330. The summed E-state index contributed by atoms with van der Waals surface area (Å²) in [6.45, 7) is 2.96. The minimum Gasteiger partial charge on any atom is -0.378 e. The molecule has 5 heteroatoms. The molecule has 0 aliphatic carbocycles. The van der Waals surface area contributed by atoms with Crippen LogP contribution in [0.25, 0.3) is 0 Å². The summed E-state index contributed by atoms with van der Waals surface area (Å²) in [5.41, 5.74) is 0. The van der Waals surface area contributed by atoms with Gasteiger partial charge in [-0.05, 0) is 32.7 Å². The van der Waals surface area contributed by atoms with E-state index in [0.717, 1.165) is 31.7 Å². The van der Waals surface area contributed by atoms with E-state index in [2.05, 4.69) is 22.4 Å². The Labute approximate surface area is 102 Å². The van der Waals surface area contributed by atoms with E-state index in [9.17, 15) is 0 Å². The Morgan fingerprint density at radius 2 is 2.35 bits per heavy atom. The first kappa shape index (κ1) is 12.5. The summed E-state index contributed by atoms with van der Waals surface area (Å²) < 4.78 is 10.9. The third-order valence-electron chi connectivity index (χ3n) is 3.22. The number of aromatic nitrogens is 2. The normalized spacial score (nSPS) is 22.6. The second kappa shape index (κ2) is 6.12. The standard InChI is InChI=1S/C12H21N3O2/c1-3-10(13-2)12-14-11(15-17-12)8-9-6-4-5-7-16-9/h9-10,13H,3-8H2,1-2H3. The van der Waals surface area contributed by atoms with Crippen molar-refractivity contribution >= 4 is 0 Å². The Morgan fingerprint density at radius 3 is 3.00 bits per heavy atom. The molecule has 0 amide bonds. The van der Waals surface area contributed by atoms with Crippen molar-refractivity contribution in [3.63, 3.8) is 0 Å². The lowest BCUT2D eigenvalue weighted by Crippen LogP contribution is -2.22. The van der Waals surface area contributed by atoms with Gasteiger partial charge in [0.25, 0.3) is 0 Å². The van der Waals surface area contributed by atoms with Crippen LogP contribution in [-0.4, -0.2) is 29.9 Å². The molecule has 1 aromatic rings. The van der Waals surface area contributed by atoms with Gasteiger partial charge in [-0.25, -0.2) is 0 Å². The molecule has 2 unspecified atom stereocenters. The lowest BCUT2D eigenvalue weighted by Gasteiger charge is -2.20. The molecule has 96 valence electrons. The van der Waals surface area contributed by atoms with Gasteiger partial charge >= 0.3 is 0 Å². The van der Waals surface area contributed by atoms with Gasteiger partial charge in [-0.1, -0.05) is 12.1 Å². The molecule has 0 radical (unpaired) electrons. The Kier molecular flexibility index (Phi) is 4.50. The minimum absolute atomic E-state index is 0.156. The van der Waals surface area contributed by atoms with Gasteiger partial charge in [-0.2, -0.15) is 4.98 Å². The van der Waals surface area contributed by atoms with Crippen molar-refractivity contribution in [3.05, 3.63) is 11.7 Å². The SMILES string of the molecule is CCC(NC)c1nc(CC2CCCCO2)no1. The number of nitrogens with zero attached hydrogens (tertiary/aromatic N) is 2. The van der Waals surface area contributed by atoms with Crippen molar-refractivity contribution in [3.8, 4) is 0 Å². The topological polar surface area (TPSA) is 60.2 Å². The quantitative estimate of drug-likeness (QED) is 0.849. The summed E-state index contributed by atoms with van der Waals surface area (Å²) in [6, 6.07) is 0.156. The molecule has 0 saturated carbocycles. The van der Waals surface area contributed by atoms with Crippen molar-refractivity contribution in [2.45, 2.75) is 51.2 Å². The van der Waals surface area contributed by atoms with Gasteiger partial charge < -0.3 is 14.6 Å². The molecule has 0 spiro atoms. The zero-order valence-corrected chi connectivity index (χ0v) is 10.6. The number of hydrogen-bond donors (Lipinski definition) is 1. The van der Waals surface area contributed by atoms with E-state index in [4.69, 9.17) is 9.26 Å². The van der Waals surface area contributed by atoms with Crippen LogP contribution in [0.3, 0.4) is 0 Å². The van der Waals surface area contributed by atoms with Gasteiger partial charge in [0.2, 0.25) is 5.89 Å². The van der Waals surface area contributed by atoms with E-state index in [1.807, 2.05) is 7.05 Å². The first-order valence-corrected chi connectivity index (χ1v) is 6.44. The Hall–Kier alpha value is -0.940. The van der Waals surface area contributed by atoms with Gasteiger partial charge in [-0.15, -0.1) is 0 Å². The van der Waals surface area contributed by atoms with Crippen LogP contribution in [0.4, 0.5) is 0 Å². The molecule has 5 nitrogen and oxygen atoms in total. The molecule has 2 atom stereocenters. The maximum Gasteiger partial charge on any atom is 0.243 e. The van der Waals surface area contributed by atoms with Crippen LogP contribution in [0.15, 0.2) is 4.52 Å². The highest BCUT2D eigenvalue weighted by atomic mass is 16.5. The van der Waals surface area contributed by atoms with E-state index < -0.39 is 0 Å². The van der Waals surface area contributed by atoms with Crippen LogP contribution in [0, 0.1) is 0 Å². The van der Waals surface area contributed by atoms with Crippen molar-refractivity contribution < 1.29 is 9.26 Å². The van der Waals surface area contributed by atoms with Crippen molar-refractivity contribution in [1.82, 2.24) is 15.5 Å². The third kappa shape index (κ3) is 3.26. The molecule has 1 aliphatic rings. The molecular weight excluding hydrogens is 218 g/mol. The maximum atomic E-state index is 5.67. The number of rotatable bonds is 5. The van der Waals surface area contributed by atoms with E-state index in [1.165, 1.54) is 12.8 Å². The smallest absolute Gasteiger partial charge is 0.243 e. The summed E-state index contributed by atoms with van der Waals surface area (Å²) in [6.07, 6.45) is 5.49. The van der Waals surface area contributed by atoms with Crippen molar-refractivity contribution in [1.29, 1.82) is 0 Å². The molecule has 1 saturated heterocycles. The van der Waals surface area contributed by atoms with Crippen molar-refractivity contribution in [2.24, 2.45) is 0 Å². The zero-order chi connectivity index (χ0) is 12.1. The van der Waals surface area contributed by atoms with Gasteiger partial charge in [0, 0.05) is 13.0 Å². The molecular formula is C12H21N3O2. The van der Waals surface area contributed by atoms with Gasteiger partial charge in [0.1, 0.15) is 0 Å². The van der Waals surface area contributed by atoms with E-state index >= 15 is 0 Å². The molecule has 2 heterocycles. The highest BCUT2D eigenvalue weighted by Crippen LogP contribution is 2.18.